The van der Waals surface area contributed by atoms with Gasteiger partial charge < -0.3 is 14.6 Å². The summed E-state index contributed by atoms with van der Waals surface area (Å²) in [5, 5.41) is 10.0. The lowest BCUT2D eigenvalue weighted by Crippen LogP contribution is -1.98. The van der Waals surface area contributed by atoms with Crippen LogP contribution >= 0.6 is 0 Å². The van der Waals surface area contributed by atoms with Crippen molar-refractivity contribution in [1.29, 1.82) is 0 Å². The molecular formula is C13H12O3. The first-order valence-electron chi connectivity index (χ1n) is 4.86. The number of rotatable bonds is 3. The Morgan fingerprint density at radius 2 is 2.19 bits per heavy atom. The predicted octanol–water partition coefficient (Wildman–Crippen LogP) is 2.35. The van der Waals surface area contributed by atoms with Gasteiger partial charge in [0.15, 0.2) is 11.5 Å². The van der Waals surface area contributed by atoms with E-state index in [1.165, 1.54) is 6.08 Å². The van der Waals surface area contributed by atoms with Crippen LogP contribution in [-0.4, -0.2) is 11.9 Å². The van der Waals surface area contributed by atoms with Crippen molar-refractivity contribution in [2.45, 2.75) is 6.10 Å². The van der Waals surface area contributed by atoms with Crippen molar-refractivity contribution in [3.05, 3.63) is 54.3 Å². The van der Waals surface area contributed by atoms with Crippen molar-refractivity contribution in [1.82, 2.24) is 0 Å². The van der Waals surface area contributed by atoms with Crippen molar-refractivity contribution in [3.8, 4) is 11.5 Å². The Hall–Kier alpha value is -1.96. The van der Waals surface area contributed by atoms with E-state index in [0.29, 0.717) is 22.6 Å². The average Bonchev–Trinajstić information content (AvgIpc) is 2.77. The molecule has 0 fully saturated rings. The summed E-state index contributed by atoms with van der Waals surface area (Å²) in [5.41, 5.74) is 3.89. The lowest BCUT2D eigenvalue weighted by Gasteiger charge is -2.10. The Kier molecular flexibility index (Phi) is 2.82. The monoisotopic (exact) mass is 216 g/mol. The average molecular weight is 216 g/mol. The molecule has 2 rings (SSSR count). The van der Waals surface area contributed by atoms with Crippen molar-refractivity contribution < 1.29 is 14.6 Å². The van der Waals surface area contributed by atoms with Gasteiger partial charge in [-0.15, -0.1) is 5.73 Å². The van der Waals surface area contributed by atoms with Crippen LogP contribution in [0, 0.1) is 0 Å². The van der Waals surface area contributed by atoms with E-state index < -0.39 is 6.10 Å². The highest BCUT2D eigenvalue weighted by Crippen LogP contribution is 2.35. The van der Waals surface area contributed by atoms with E-state index in [-0.39, 0.29) is 6.79 Å². The summed E-state index contributed by atoms with van der Waals surface area (Å²) in [4.78, 5) is 0. The molecule has 1 aromatic carbocycles. The number of benzene rings is 1. The SMILES string of the molecule is C=C=C(C=C)C(O)c1ccc2c(c1)OCO2. The summed E-state index contributed by atoms with van der Waals surface area (Å²) in [6.45, 7) is 7.32. The molecule has 0 saturated carbocycles. The van der Waals surface area contributed by atoms with Gasteiger partial charge in [-0.3, -0.25) is 0 Å². The molecule has 1 aromatic rings. The van der Waals surface area contributed by atoms with Crippen LogP contribution in [0.2, 0.25) is 0 Å². The molecule has 1 unspecified atom stereocenters. The van der Waals surface area contributed by atoms with Gasteiger partial charge in [0.2, 0.25) is 6.79 Å². The maximum Gasteiger partial charge on any atom is 0.231 e. The summed E-state index contributed by atoms with van der Waals surface area (Å²) >= 11 is 0. The fourth-order valence-electron chi connectivity index (χ4n) is 1.54. The maximum atomic E-state index is 10.0. The third-order valence-electron chi connectivity index (χ3n) is 2.43. The first kappa shape index (κ1) is 10.6. The molecule has 0 aliphatic carbocycles. The number of aliphatic hydroxyl groups excluding tert-OH is 1. The molecule has 16 heavy (non-hydrogen) atoms. The zero-order chi connectivity index (χ0) is 11.5. The fraction of sp³-hybridized carbons (Fsp3) is 0.154. The number of ether oxygens (including phenoxy) is 2. The van der Waals surface area contributed by atoms with E-state index >= 15 is 0 Å². The summed E-state index contributed by atoms with van der Waals surface area (Å²) in [5.74, 6) is 1.34. The fourth-order valence-corrected chi connectivity index (χ4v) is 1.54. The highest BCUT2D eigenvalue weighted by Gasteiger charge is 2.17. The Bertz CT molecular complexity index is 470. The summed E-state index contributed by atoms with van der Waals surface area (Å²) in [6.07, 6.45) is 0.743. The quantitative estimate of drug-likeness (QED) is 0.622. The zero-order valence-corrected chi connectivity index (χ0v) is 8.77. The zero-order valence-electron chi connectivity index (χ0n) is 8.77. The van der Waals surface area contributed by atoms with Gasteiger partial charge in [-0.25, -0.2) is 0 Å². The summed E-state index contributed by atoms with van der Waals surface area (Å²) in [7, 11) is 0. The molecule has 1 N–H and O–H groups in total. The van der Waals surface area contributed by atoms with E-state index in [1.54, 1.807) is 18.2 Å². The van der Waals surface area contributed by atoms with Crippen molar-refractivity contribution in [2.75, 3.05) is 6.79 Å². The molecule has 3 heteroatoms. The lowest BCUT2D eigenvalue weighted by molar-refractivity contribution is 0.173. The first-order valence-corrected chi connectivity index (χ1v) is 4.86. The van der Waals surface area contributed by atoms with Crippen LogP contribution < -0.4 is 9.47 Å². The van der Waals surface area contributed by atoms with Crippen LogP contribution in [0.4, 0.5) is 0 Å². The van der Waals surface area contributed by atoms with Crippen LogP contribution in [-0.2, 0) is 0 Å². The second kappa shape index (κ2) is 4.27. The smallest absolute Gasteiger partial charge is 0.231 e. The second-order valence-electron chi connectivity index (χ2n) is 3.35. The number of fused-ring (bicyclic) bond motifs is 1. The van der Waals surface area contributed by atoms with Crippen LogP contribution in [0.3, 0.4) is 0 Å². The van der Waals surface area contributed by atoms with E-state index in [1.807, 2.05) is 0 Å². The molecular weight excluding hydrogens is 204 g/mol. The molecule has 0 amide bonds. The van der Waals surface area contributed by atoms with Gasteiger partial charge in [0.05, 0.1) is 0 Å². The molecule has 0 spiro atoms. The van der Waals surface area contributed by atoms with Crippen molar-refractivity contribution in [2.24, 2.45) is 0 Å². The molecule has 0 saturated heterocycles. The third-order valence-corrected chi connectivity index (χ3v) is 2.43. The van der Waals surface area contributed by atoms with Gasteiger partial charge in [0.25, 0.3) is 0 Å². The first-order chi connectivity index (χ1) is 7.76. The topological polar surface area (TPSA) is 38.7 Å². The van der Waals surface area contributed by atoms with E-state index in [2.05, 4.69) is 18.9 Å². The molecule has 0 bridgehead atoms. The Morgan fingerprint density at radius 1 is 1.44 bits per heavy atom. The van der Waals surface area contributed by atoms with Crippen LogP contribution in [0.5, 0.6) is 11.5 Å². The molecule has 1 aliphatic rings. The molecule has 3 nitrogen and oxygen atoms in total. The van der Waals surface area contributed by atoms with Gasteiger partial charge in [-0.2, -0.15) is 0 Å². The largest absolute Gasteiger partial charge is 0.454 e. The number of hydrogen-bond acceptors (Lipinski definition) is 3. The standard InChI is InChI=1S/C13H12O3/c1-3-9(4-2)13(14)10-5-6-11-12(7-10)16-8-15-11/h3,5-7,13-14H,1-2,8H2. The van der Waals surface area contributed by atoms with Gasteiger partial charge >= 0.3 is 0 Å². The predicted molar refractivity (Wildman–Crippen MR) is 60.4 cm³/mol. The highest BCUT2D eigenvalue weighted by molar-refractivity contribution is 5.46. The lowest BCUT2D eigenvalue weighted by atomic mass is 10.0. The minimum absolute atomic E-state index is 0.223. The summed E-state index contributed by atoms with van der Waals surface area (Å²) < 4.78 is 10.4. The number of hydrogen-bond donors (Lipinski definition) is 1. The minimum atomic E-state index is -0.788. The van der Waals surface area contributed by atoms with Crippen LogP contribution in [0.25, 0.3) is 0 Å². The van der Waals surface area contributed by atoms with Gasteiger partial charge in [0, 0.05) is 5.57 Å². The molecule has 0 radical (unpaired) electrons. The summed E-state index contributed by atoms with van der Waals surface area (Å²) in [6, 6.07) is 5.29. The molecule has 1 heterocycles. The van der Waals surface area contributed by atoms with E-state index in [4.69, 9.17) is 9.47 Å². The Balaban J connectivity index is 2.34. The molecule has 82 valence electrons. The Labute approximate surface area is 93.9 Å². The van der Waals surface area contributed by atoms with E-state index in [9.17, 15) is 5.11 Å². The van der Waals surface area contributed by atoms with Crippen molar-refractivity contribution >= 4 is 0 Å². The maximum absolute atomic E-state index is 10.0. The van der Waals surface area contributed by atoms with E-state index in [0.717, 1.165) is 0 Å². The minimum Gasteiger partial charge on any atom is -0.454 e. The van der Waals surface area contributed by atoms with Crippen molar-refractivity contribution in [3.63, 3.8) is 0 Å². The second-order valence-corrected chi connectivity index (χ2v) is 3.35. The molecule has 1 atom stereocenters. The third kappa shape index (κ3) is 1.74. The molecule has 0 aromatic heterocycles. The molecule has 1 aliphatic heterocycles. The van der Waals surface area contributed by atoms with Gasteiger partial charge in [0.1, 0.15) is 6.10 Å². The Morgan fingerprint density at radius 3 is 2.88 bits per heavy atom. The number of aliphatic hydroxyl groups is 1. The van der Waals surface area contributed by atoms with Gasteiger partial charge in [-0.05, 0) is 17.7 Å². The normalized spacial score (nSPS) is 14.1. The van der Waals surface area contributed by atoms with Crippen LogP contribution in [0.15, 0.2) is 48.7 Å². The van der Waals surface area contributed by atoms with Gasteiger partial charge in [-0.1, -0.05) is 25.3 Å². The van der Waals surface area contributed by atoms with Crippen LogP contribution in [0.1, 0.15) is 11.7 Å². The highest BCUT2D eigenvalue weighted by atomic mass is 16.7.